The maximum atomic E-state index is 11.9. The summed E-state index contributed by atoms with van der Waals surface area (Å²) >= 11 is 0. The summed E-state index contributed by atoms with van der Waals surface area (Å²) in [5.74, 6) is 1.11. The highest BCUT2D eigenvalue weighted by Crippen LogP contribution is 2.13. The van der Waals surface area contributed by atoms with Crippen LogP contribution < -0.4 is 4.74 Å². The van der Waals surface area contributed by atoms with E-state index in [1.165, 1.54) is 0 Å². The third-order valence-electron chi connectivity index (χ3n) is 3.30. The van der Waals surface area contributed by atoms with Gasteiger partial charge in [-0.05, 0) is 24.1 Å². The molecule has 1 aromatic carbocycles. The molecule has 0 N–H and O–H groups in total. The smallest absolute Gasteiger partial charge is 0.139 e. The number of rotatable bonds is 9. The number of ketones is 1. The number of ether oxygens (including phenoxy) is 1. The van der Waals surface area contributed by atoms with Crippen LogP contribution in [0, 0.1) is 0 Å². The lowest BCUT2D eigenvalue weighted by Gasteiger charge is -2.06. The van der Waals surface area contributed by atoms with E-state index < -0.39 is 0 Å². The van der Waals surface area contributed by atoms with Gasteiger partial charge in [-0.15, -0.1) is 0 Å². The SMILES string of the molecule is CCCCOc1ccc(CC(=O)CCn2ccnc2)cc1. The molecule has 0 spiro atoms. The van der Waals surface area contributed by atoms with Crippen molar-refractivity contribution in [2.24, 2.45) is 0 Å². The highest BCUT2D eigenvalue weighted by Gasteiger charge is 2.04. The lowest BCUT2D eigenvalue weighted by atomic mass is 10.1. The van der Waals surface area contributed by atoms with Crippen LogP contribution in [0.15, 0.2) is 43.0 Å². The van der Waals surface area contributed by atoms with Gasteiger partial charge in [-0.2, -0.15) is 0 Å². The summed E-state index contributed by atoms with van der Waals surface area (Å²) in [5.41, 5.74) is 1.04. The fourth-order valence-electron chi connectivity index (χ4n) is 2.03. The molecule has 0 aliphatic heterocycles. The Labute approximate surface area is 125 Å². The average molecular weight is 286 g/mol. The van der Waals surface area contributed by atoms with E-state index in [9.17, 15) is 4.79 Å². The molecule has 0 unspecified atom stereocenters. The van der Waals surface area contributed by atoms with Gasteiger partial charge in [-0.25, -0.2) is 4.98 Å². The third-order valence-corrected chi connectivity index (χ3v) is 3.30. The Morgan fingerprint density at radius 2 is 2.10 bits per heavy atom. The van der Waals surface area contributed by atoms with Crippen molar-refractivity contribution in [1.82, 2.24) is 9.55 Å². The van der Waals surface area contributed by atoms with Crippen LogP contribution in [0.1, 0.15) is 31.7 Å². The monoisotopic (exact) mass is 286 g/mol. The summed E-state index contributed by atoms with van der Waals surface area (Å²) in [4.78, 5) is 15.9. The standard InChI is InChI=1S/C17H22N2O2/c1-2-3-12-21-17-6-4-15(5-7-17)13-16(20)8-10-19-11-9-18-14-19/h4-7,9,11,14H,2-3,8,10,12-13H2,1H3. The highest BCUT2D eigenvalue weighted by atomic mass is 16.5. The van der Waals surface area contributed by atoms with Gasteiger partial charge in [0.1, 0.15) is 11.5 Å². The Bertz CT molecular complexity index is 532. The number of hydrogen-bond acceptors (Lipinski definition) is 3. The Hall–Kier alpha value is -2.10. The molecular formula is C17H22N2O2. The Morgan fingerprint density at radius 1 is 1.29 bits per heavy atom. The summed E-state index contributed by atoms with van der Waals surface area (Å²) in [6.07, 6.45) is 8.53. The Kier molecular flexibility index (Phi) is 6.00. The number of hydrogen-bond donors (Lipinski definition) is 0. The summed E-state index contributed by atoms with van der Waals surface area (Å²) in [6.45, 7) is 3.58. The van der Waals surface area contributed by atoms with E-state index >= 15 is 0 Å². The second-order valence-electron chi connectivity index (χ2n) is 5.11. The molecule has 4 heteroatoms. The molecule has 21 heavy (non-hydrogen) atoms. The maximum absolute atomic E-state index is 11.9. The van der Waals surface area contributed by atoms with Crippen LogP contribution in [-0.2, 0) is 17.8 Å². The number of imidazole rings is 1. The van der Waals surface area contributed by atoms with E-state index in [4.69, 9.17) is 4.74 Å². The van der Waals surface area contributed by atoms with Crippen LogP contribution in [0.3, 0.4) is 0 Å². The van der Waals surface area contributed by atoms with Gasteiger partial charge in [0.25, 0.3) is 0 Å². The third kappa shape index (κ3) is 5.42. The molecule has 112 valence electrons. The van der Waals surface area contributed by atoms with E-state index in [2.05, 4.69) is 11.9 Å². The largest absolute Gasteiger partial charge is 0.494 e. The zero-order valence-corrected chi connectivity index (χ0v) is 12.5. The minimum Gasteiger partial charge on any atom is -0.494 e. The molecule has 0 saturated heterocycles. The minimum absolute atomic E-state index is 0.239. The first-order valence-corrected chi connectivity index (χ1v) is 7.47. The van der Waals surface area contributed by atoms with Gasteiger partial charge in [0.05, 0.1) is 12.9 Å². The van der Waals surface area contributed by atoms with E-state index in [-0.39, 0.29) is 5.78 Å². The Morgan fingerprint density at radius 3 is 2.76 bits per heavy atom. The van der Waals surface area contributed by atoms with E-state index in [1.807, 2.05) is 35.0 Å². The van der Waals surface area contributed by atoms with Crippen molar-refractivity contribution in [3.05, 3.63) is 48.5 Å². The number of aryl methyl sites for hydroxylation is 1. The molecule has 1 heterocycles. The minimum atomic E-state index is 0.239. The van der Waals surface area contributed by atoms with Crippen molar-refractivity contribution in [1.29, 1.82) is 0 Å². The number of unbranched alkanes of at least 4 members (excludes halogenated alkanes) is 1. The molecule has 2 aromatic rings. The van der Waals surface area contributed by atoms with Crippen LogP contribution >= 0.6 is 0 Å². The molecule has 0 aliphatic carbocycles. The first-order valence-electron chi connectivity index (χ1n) is 7.47. The molecule has 0 atom stereocenters. The fourth-order valence-corrected chi connectivity index (χ4v) is 2.03. The summed E-state index contributed by atoms with van der Waals surface area (Å²) < 4.78 is 7.53. The zero-order valence-electron chi connectivity index (χ0n) is 12.5. The highest BCUT2D eigenvalue weighted by molar-refractivity contribution is 5.80. The van der Waals surface area contributed by atoms with Gasteiger partial charge in [0.2, 0.25) is 0 Å². The van der Waals surface area contributed by atoms with Crippen molar-refractivity contribution < 1.29 is 9.53 Å². The predicted octanol–water partition coefficient (Wildman–Crippen LogP) is 3.26. The fraction of sp³-hybridized carbons (Fsp3) is 0.412. The molecule has 2 rings (SSSR count). The molecule has 1 aromatic heterocycles. The van der Waals surface area contributed by atoms with Crippen LogP contribution in [0.4, 0.5) is 0 Å². The average Bonchev–Trinajstić information content (AvgIpc) is 3.01. The molecule has 0 fully saturated rings. The van der Waals surface area contributed by atoms with Crippen LogP contribution in [0.5, 0.6) is 5.75 Å². The summed E-state index contributed by atoms with van der Waals surface area (Å²) in [7, 11) is 0. The molecule has 0 radical (unpaired) electrons. The van der Waals surface area contributed by atoms with Crippen molar-refractivity contribution in [3.8, 4) is 5.75 Å². The van der Waals surface area contributed by atoms with E-state index in [0.717, 1.165) is 30.8 Å². The molecular weight excluding hydrogens is 264 g/mol. The number of benzene rings is 1. The van der Waals surface area contributed by atoms with Crippen molar-refractivity contribution >= 4 is 5.78 Å². The lowest BCUT2D eigenvalue weighted by molar-refractivity contribution is -0.118. The van der Waals surface area contributed by atoms with Crippen molar-refractivity contribution in [2.45, 2.75) is 39.2 Å². The number of carbonyl (C=O) groups excluding carboxylic acids is 1. The quantitative estimate of drug-likeness (QED) is 0.665. The Balaban J connectivity index is 1.75. The maximum Gasteiger partial charge on any atom is 0.139 e. The zero-order chi connectivity index (χ0) is 14.9. The van der Waals surface area contributed by atoms with Crippen molar-refractivity contribution in [2.75, 3.05) is 6.61 Å². The number of Topliss-reactive ketones (excluding diaryl/α,β-unsaturated/α-hetero) is 1. The lowest BCUT2D eigenvalue weighted by Crippen LogP contribution is -2.07. The number of carbonyl (C=O) groups is 1. The molecule has 0 saturated carbocycles. The van der Waals surface area contributed by atoms with Crippen LogP contribution in [-0.4, -0.2) is 21.9 Å². The van der Waals surface area contributed by atoms with Gasteiger partial charge >= 0.3 is 0 Å². The number of aromatic nitrogens is 2. The topological polar surface area (TPSA) is 44.1 Å². The number of nitrogens with zero attached hydrogens (tertiary/aromatic N) is 2. The van der Waals surface area contributed by atoms with E-state index in [0.29, 0.717) is 19.4 Å². The molecule has 0 amide bonds. The second-order valence-corrected chi connectivity index (χ2v) is 5.11. The molecule has 0 aliphatic rings. The van der Waals surface area contributed by atoms with Crippen molar-refractivity contribution in [3.63, 3.8) is 0 Å². The molecule has 0 bridgehead atoms. The van der Waals surface area contributed by atoms with Gasteiger partial charge in [0, 0.05) is 31.8 Å². The van der Waals surface area contributed by atoms with Crippen LogP contribution in [0.2, 0.25) is 0 Å². The first kappa shape index (κ1) is 15.3. The predicted molar refractivity (Wildman–Crippen MR) is 82.4 cm³/mol. The van der Waals surface area contributed by atoms with Crippen LogP contribution in [0.25, 0.3) is 0 Å². The van der Waals surface area contributed by atoms with E-state index in [1.54, 1.807) is 12.5 Å². The second kappa shape index (κ2) is 8.25. The van der Waals surface area contributed by atoms with Gasteiger partial charge in [0.15, 0.2) is 0 Å². The molecule has 4 nitrogen and oxygen atoms in total. The van der Waals surface area contributed by atoms with Gasteiger partial charge < -0.3 is 9.30 Å². The first-order chi connectivity index (χ1) is 10.3. The summed E-state index contributed by atoms with van der Waals surface area (Å²) in [6, 6.07) is 7.81. The summed E-state index contributed by atoms with van der Waals surface area (Å²) in [5, 5.41) is 0. The van der Waals surface area contributed by atoms with Gasteiger partial charge in [-0.1, -0.05) is 25.5 Å². The normalized spacial score (nSPS) is 10.5. The van der Waals surface area contributed by atoms with Gasteiger partial charge in [-0.3, -0.25) is 4.79 Å².